The highest BCUT2D eigenvalue weighted by Gasteiger charge is 2.15. The van der Waals surface area contributed by atoms with Gasteiger partial charge in [-0.1, -0.05) is 11.2 Å². The number of methoxy groups -OCH3 is 1. The van der Waals surface area contributed by atoms with Crippen molar-refractivity contribution in [2.45, 2.75) is 13.3 Å². The van der Waals surface area contributed by atoms with Crippen molar-refractivity contribution >= 4 is 11.6 Å². The third kappa shape index (κ3) is 3.88. The first-order valence-electron chi connectivity index (χ1n) is 7.82. The SMILES string of the molecule is COc1ccc(C)cc1NC(=O)Cc1cc(-c2ccc(F)cc2F)on1. The lowest BCUT2D eigenvalue weighted by Gasteiger charge is -2.10. The van der Waals surface area contributed by atoms with Crippen molar-refractivity contribution in [2.75, 3.05) is 12.4 Å². The van der Waals surface area contributed by atoms with Crippen molar-refractivity contribution in [3.05, 3.63) is 65.4 Å². The highest BCUT2D eigenvalue weighted by Crippen LogP contribution is 2.26. The molecule has 0 saturated heterocycles. The van der Waals surface area contributed by atoms with Gasteiger partial charge in [0.1, 0.15) is 17.4 Å². The summed E-state index contributed by atoms with van der Waals surface area (Å²) < 4.78 is 37.1. The predicted molar refractivity (Wildman–Crippen MR) is 91.9 cm³/mol. The van der Waals surface area contributed by atoms with E-state index >= 15 is 0 Å². The lowest BCUT2D eigenvalue weighted by atomic mass is 10.1. The average Bonchev–Trinajstić information content (AvgIpc) is 3.03. The third-order valence-electron chi connectivity index (χ3n) is 3.73. The Morgan fingerprint density at radius 2 is 2.00 bits per heavy atom. The molecule has 0 unspecified atom stereocenters. The van der Waals surface area contributed by atoms with Crippen molar-refractivity contribution in [3.63, 3.8) is 0 Å². The first-order valence-corrected chi connectivity index (χ1v) is 7.82. The van der Waals surface area contributed by atoms with Gasteiger partial charge in [0.25, 0.3) is 0 Å². The van der Waals surface area contributed by atoms with Gasteiger partial charge in [-0.3, -0.25) is 4.79 Å². The van der Waals surface area contributed by atoms with Gasteiger partial charge in [-0.15, -0.1) is 0 Å². The second kappa shape index (κ2) is 7.35. The Bertz CT molecular complexity index is 954. The number of aryl methyl sites for hydroxylation is 1. The molecule has 3 aromatic rings. The summed E-state index contributed by atoms with van der Waals surface area (Å²) in [5.74, 6) is -1.11. The van der Waals surface area contributed by atoms with E-state index in [0.717, 1.165) is 17.7 Å². The van der Waals surface area contributed by atoms with Gasteiger partial charge in [-0.2, -0.15) is 0 Å². The number of hydrogen-bond acceptors (Lipinski definition) is 4. The zero-order valence-corrected chi connectivity index (χ0v) is 14.2. The van der Waals surface area contributed by atoms with Crippen LogP contribution in [0.3, 0.4) is 0 Å². The van der Waals surface area contributed by atoms with Gasteiger partial charge >= 0.3 is 0 Å². The number of nitrogens with zero attached hydrogens (tertiary/aromatic N) is 1. The highest BCUT2D eigenvalue weighted by molar-refractivity contribution is 5.93. The molecule has 1 N–H and O–H groups in total. The number of carbonyl (C=O) groups excluding carboxylic acids is 1. The molecule has 0 saturated carbocycles. The van der Waals surface area contributed by atoms with Gasteiger partial charge in [0.15, 0.2) is 5.76 Å². The minimum atomic E-state index is -0.762. The Kier molecular flexibility index (Phi) is 4.97. The van der Waals surface area contributed by atoms with Gasteiger partial charge in [-0.05, 0) is 36.8 Å². The quantitative estimate of drug-likeness (QED) is 0.745. The molecular weight excluding hydrogens is 342 g/mol. The zero-order valence-electron chi connectivity index (χ0n) is 14.2. The number of benzene rings is 2. The van der Waals surface area contributed by atoms with Crippen molar-refractivity contribution in [3.8, 4) is 17.1 Å². The Morgan fingerprint density at radius 3 is 2.73 bits per heavy atom. The summed E-state index contributed by atoms with van der Waals surface area (Å²) >= 11 is 0. The Hall–Kier alpha value is -3.22. The maximum Gasteiger partial charge on any atom is 0.230 e. The molecule has 0 aliphatic heterocycles. The standard InChI is InChI=1S/C19H16F2N2O3/c1-11-3-6-17(25-2)16(7-11)22-19(24)10-13-9-18(26-23-13)14-5-4-12(20)8-15(14)21/h3-9H,10H2,1-2H3,(H,22,24). The first kappa shape index (κ1) is 17.6. The van der Waals surface area contributed by atoms with Crippen molar-refractivity contribution < 1.29 is 22.8 Å². The van der Waals surface area contributed by atoms with E-state index in [1.54, 1.807) is 12.1 Å². The molecular formula is C19H16F2N2O3. The Balaban J connectivity index is 1.73. The summed E-state index contributed by atoms with van der Waals surface area (Å²) in [5, 5.41) is 6.52. The summed E-state index contributed by atoms with van der Waals surface area (Å²) in [5.41, 5.74) is 1.92. The van der Waals surface area contributed by atoms with Crippen LogP contribution < -0.4 is 10.1 Å². The van der Waals surface area contributed by atoms with Gasteiger partial charge < -0.3 is 14.6 Å². The molecule has 0 fully saturated rings. The number of halogens is 2. The normalized spacial score (nSPS) is 10.6. The molecule has 7 heteroatoms. The summed E-state index contributed by atoms with van der Waals surface area (Å²) in [4.78, 5) is 12.2. The fourth-order valence-electron chi connectivity index (χ4n) is 2.49. The largest absolute Gasteiger partial charge is 0.495 e. The monoisotopic (exact) mass is 358 g/mol. The number of amides is 1. The molecule has 3 rings (SSSR count). The molecule has 1 heterocycles. The molecule has 0 atom stereocenters. The molecule has 2 aromatic carbocycles. The van der Waals surface area contributed by atoms with Crippen LogP contribution in [0.4, 0.5) is 14.5 Å². The predicted octanol–water partition coefficient (Wildman–Crippen LogP) is 4.12. The van der Waals surface area contributed by atoms with Crippen LogP contribution in [-0.4, -0.2) is 18.2 Å². The second-order valence-electron chi connectivity index (χ2n) is 5.74. The fraction of sp³-hybridized carbons (Fsp3) is 0.158. The molecule has 0 spiro atoms. The molecule has 0 aliphatic rings. The number of carbonyl (C=O) groups is 1. The summed E-state index contributed by atoms with van der Waals surface area (Å²) in [6, 6.07) is 10.0. The van der Waals surface area contributed by atoms with E-state index in [2.05, 4.69) is 10.5 Å². The molecule has 0 aliphatic carbocycles. The topological polar surface area (TPSA) is 64.4 Å². The third-order valence-corrected chi connectivity index (χ3v) is 3.73. The smallest absolute Gasteiger partial charge is 0.230 e. The van der Waals surface area contributed by atoms with E-state index in [4.69, 9.17) is 9.26 Å². The van der Waals surface area contributed by atoms with E-state index in [1.807, 2.05) is 13.0 Å². The zero-order chi connectivity index (χ0) is 18.7. The van der Waals surface area contributed by atoms with Crippen LogP contribution in [0.25, 0.3) is 11.3 Å². The lowest BCUT2D eigenvalue weighted by Crippen LogP contribution is -2.15. The van der Waals surface area contributed by atoms with Crippen molar-refractivity contribution in [1.29, 1.82) is 0 Å². The molecule has 0 radical (unpaired) electrons. The van der Waals surface area contributed by atoms with Crippen molar-refractivity contribution in [1.82, 2.24) is 5.16 Å². The highest BCUT2D eigenvalue weighted by atomic mass is 19.1. The molecule has 1 amide bonds. The van der Waals surface area contributed by atoms with Crippen LogP contribution >= 0.6 is 0 Å². The van der Waals surface area contributed by atoms with Crippen LogP contribution in [0, 0.1) is 18.6 Å². The second-order valence-corrected chi connectivity index (χ2v) is 5.74. The van der Waals surface area contributed by atoms with Gasteiger partial charge in [0.05, 0.1) is 30.5 Å². The van der Waals surface area contributed by atoms with E-state index in [9.17, 15) is 13.6 Å². The fourth-order valence-corrected chi connectivity index (χ4v) is 2.49. The minimum Gasteiger partial charge on any atom is -0.495 e. The first-order chi connectivity index (χ1) is 12.5. The van der Waals surface area contributed by atoms with Crippen LogP contribution in [0.15, 0.2) is 47.0 Å². The van der Waals surface area contributed by atoms with Crippen LogP contribution in [0.5, 0.6) is 5.75 Å². The van der Waals surface area contributed by atoms with Gasteiger partial charge in [-0.25, -0.2) is 8.78 Å². The van der Waals surface area contributed by atoms with Crippen LogP contribution in [0.2, 0.25) is 0 Å². The average molecular weight is 358 g/mol. The van der Waals surface area contributed by atoms with Crippen LogP contribution in [-0.2, 0) is 11.2 Å². The molecule has 5 nitrogen and oxygen atoms in total. The lowest BCUT2D eigenvalue weighted by molar-refractivity contribution is -0.115. The molecule has 1 aromatic heterocycles. The Morgan fingerprint density at radius 1 is 1.19 bits per heavy atom. The number of rotatable bonds is 5. The minimum absolute atomic E-state index is 0.0661. The number of anilines is 1. The number of aromatic nitrogens is 1. The number of ether oxygens (including phenoxy) is 1. The van der Waals surface area contributed by atoms with Crippen molar-refractivity contribution in [2.24, 2.45) is 0 Å². The molecule has 134 valence electrons. The van der Waals surface area contributed by atoms with E-state index in [-0.39, 0.29) is 23.7 Å². The number of hydrogen-bond donors (Lipinski definition) is 1. The van der Waals surface area contributed by atoms with Gasteiger partial charge in [0, 0.05) is 12.1 Å². The van der Waals surface area contributed by atoms with Gasteiger partial charge in [0.2, 0.25) is 5.91 Å². The maximum absolute atomic E-state index is 13.8. The maximum atomic E-state index is 13.8. The summed E-state index contributed by atoms with van der Waals surface area (Å²) in [6.45, 7) is 1.90. The molecule has 0 bridgehead atoms. The number of nitrogens with one attached hydrogen (secondary N) is 1. The summed E-state index contributed by atoms with van der Waals surface area (Å²) in [7, 11) is 1.52. The van der Waals surface area contributed by atoms with Crippen LogP contribution in [0.1, 0.15) is 11.3 Å². The molecule has 26 heavy (non-hydrogen) atoms. The van der Waals surface area contributed by atoms with E-state index in [0.29, 0.717) is 17.1 Å². The van der Waals surface area contributed by atoms with E-state index < -0.39 is 11.6 Å². The Labute approximate surface area is 148 Å². The summed E-state index contributed by atoms with van der Waals surface area (Å²) in [6.07, 6.45) is -0.0661. The van der Waals surface area contributed by atoms with E-state index in [1.165, 1.54) is 19.2 Å².